The van der Waals surface area contributed by atoms with Crippen LogP contribution in [-0.4, -0.2) is 15.8 Å². The molecule has 11 aromatic carbocycles. The third-order valence-corrected chi connectivity index (χ3v) is 19.9. The number of nitrogens with zero attached hydrogens (tertiary/aromatic N) is 4. The molecule has 4 heterocycles. The van der Waals surface area contributed by atoms with Crippen molar-refractivity contribution in [3.8, 4) is 33.6 Å². The van der Waals surface area contributed by atoms with E-state index in [1.807, 2.05) is 0 Å². The van der Waals surface area contributed by atoms with Gasteiger partial charge in [-0.1, -0.05) is 239 Å². The Hall–Kier alpha value is -9.32. The van der Waals surface area contributed by atoms with E-state index in [4.69, 9.17) is 0 Å². The van der Waals surface area contributed by atoms with E-state index in [-0.39, 0.29) is 17.5 Å². The molecule has 0 fully saturated rings. The third kappa shape index (κ3) is 9.90. The second-order valence-corrected chi connectivity index (χ2v) is 28.0. The number of fused-ring (bicyclic) bond motifs is 10. The molecular formula is C86H83BN4. The van der Waals surface area contributed by atoms with Crippen molar-refractivity contribution in [3.05, 3.63) is 258 Å². The summed E-state index contributed by atoms with van der Waals surface area (Å²) in [6.45, 7) is 21.3. The molecule has 4 nitrogen and oxygen atoms in total. The van der Waals surface area contributed by atoms with E-state index in [0.717, 1.165) is 50.6 Å². The van der Waals surface area contributed by atoms with Gasteiger partial charge in [0.1, 0.15) is 0 Å². The molecule has 0 atom stereocenters. The van der Waals surface area contributed by atoms with E-state index < -0.39 is 0 Å². The molecule has 2 aliphatic heterocycles. The number of rotatable bonds is 15. The molecule has 15 rings (SSSR count). The van der Waals surface area contributed by atoms with Gasteiger partial charge >= 0.3 is 0 Å². The van der Waals surface area contributed by atoms with Gasteiger partial charge in [0.25, 0.3) is 6.71 Å². The van der Waals surface area contributed by atoms with Crippen LogP contribution in [0.5, 0.6) is 0 Å². The maximum Gasteiger partial charge on any atom is 0.252 e. The van der Waals surface area contributed by atoms with E-state index in [2.05, 4.69) is 312 Å². The summed E-state index contributed by atoms with van der Waals surface area (Å²) in [5.74, 6) is 0. The highest BCUT2D eigenvalue weighted by Gasteiger charge is 2.46. The van der Waals surface area contributed by atoms with Crippen molar-refractivity contribution < 1.29 is 0 Å². The largest absolute Gasteiger partial charge is 0.311 e. The summed E-state index contributed by atoms with van der Waals surface area (Å²) >= 11 is 0. The first-order chi connectivity index (χ1) is 44.3. The fourth-order valence-electron chi connectivity index (χ4n) is 15.3. The number of anilines is 6. The minimum atomic E-state index is -0.241. The van der Waals surface area contributed by atoms with Crippen LogP contribution in [0.15, 0.2) is 231 Å². The molecule has 0 aliphatic carbocycles. The molecule has 0 spiro atoms. The molecule has 0 N–H and O–H groups in total. The zero-order chi connectivity index (χ0) is 62.3. The van der Waals surface area contributed by atoms with Gasteiger partial charge in [-0.2, -0.15) is 0 Å². The molecule has 0 saturated heterocycles. The van der Waals surface area contributed by atoms with Crippen LogP contribution in [0.4, 0.5) is 34.1 Å². The van der Waals surface area contributed by atoms with E-state index in [9.17, 15) is 0 Å². The number of hydrogen-bond donors (Lipinski definition) is 0. The normalized spacial score (nSPS) is 13.0. The first-order valence-corrected chi connectivity index (χ1v) is 33.8. The van der Waals surface area contributed by atoms with Gasteiger partial charge in [0.2, 0.25) is 0 Å². The molecular weight excluding hydrogens is 1100 g/mol. The van der Waals surface area contributed by atoms with Crippen LogP contribution >= 0.6 is 0 Å². The van der Waals surface area contributed by atoms with Crippen molar-refractivity contribution in [2.45, 2.75) is 131 Å². The summed E-state index contributed by atoms with van der Waals surface area (Å²) in [6.07, 6.45) is 9.94. The number of unbranched alkanes of at least 4 members (excludes halogenated alkanes) is 3. The lowest BCUT2D eigenvalue weighted by Gasteiger charge is -2.46. The Labute approximate surface area is 539 Å². The fraction of sp³-hybridized carbons (Fsp3) is 0.233. The SMILES string of the molecule is CCCCc1cc(CCCC)c(N2c3cc(-n4c5ccccc5c5ccccc54)ccc3B3c4ccc(-n5c6ccccc6c6ccccc65)cc4N(c4c(-c5ccccc5)cc(C(C)(C)C)cc4-c4ccccc4)c4cc(C(C)(C)C)cc2c43)c(CCCC)c1. The summed E-state index contributed by atoms with van der Waals surface area (Å²) in [6, 6.07) is 89.1. The molecule has 0 bridgehead atoms. The van der Waals surface area contributed by atoms with Crippen LogP contribution in [0.25, 0.3) is 77.2 Å². The summed E-state index contributed by atoms with van der Waals surface area (Å²) in [5.41, 5.74) is 30.0. The maximum atomic E-state index is 2.82. The highest BCUT2D eigenvalue weighted by molar-refractivity contribution is 7.00. The van der Waals surface area contributed by atoms with Gasteiger partial charge in [0, 0.05) is 66.8 Å². The van der Waals surface area contributed by atoms with Gasteiger partial charge in [-0.15, -0.1) is 0 Å². The minimum absolute atomic E-state index is 0.132. The molecule has 5 heteroatoms. The van der Waals surface area contributed by atoms with E-state index in [1.54, 1.807) is 0 Å². The topological polar surface area (TPSA) is 16.3 Å². The van der Waals surface area contributed by atoms with Gasteiger partial charge in [-0.25, -0.2) is 0 Å². The molecule has 13 aromatic rings. The van der Waals surface area contributed by atoms with Gasteiger partial charge in [-0.3, -0.25) is 0 Å². The first-order valence-electron chi connectivity index (χ1n) is 33.8. The Morgan fingerprint density at radius 2 is 0.703 bits per heavy atom. The van der Waals surface area contributed by atoms with Crippen LogP contribution in [0, 0.1) is 0 Å². The van der Waals surface area contributed by atoms with Gasteiger partial charge in [-0.05, 0) is 177 Å². The zero-order valence-corrected chi connectivity index (χ0v) is 54.7. The van der Waals surface area contributed by atoms with Gasteiger partial charge in [0.05, 0.1) is 33.4 Å². The summed E-state index contributed by atoms with van der Waals surface area (Å²) in [7, 11) is 0. The van der Waals surface area contributed by atoms with E-state index in [1.165, 1.54) is 163 Å². The minimum Gasteiger partial charge on any atom is -0.311 e. The van der Waals surface area contributed by atoms with Crippen molar-refractivity contribution in [2.24, 2.45) is 0 Å². The fourth-order valence-corrected chi connectivity index (χ4v) is 15.3. The highest BCUT2D eigenvalue weighted by atomic mass is 15.2. The summed E-state index contributed by atoms with van der Waals surface area (Å²) in [4.78, 5) is 5.58. The number of benzene rings is 11. The molecule has 2 aliphatic rings. The third-order valence-electron chi connectivity index (χ3n) is 19.9. The lowest BCUT2D eigenvalue weighted by Crippen LogP contribution is -2.61. The van der Waals surface area contributed by atoms with E-state index in [0.29, 0.717) is 0 Å². The highest BCUT2D eigenvalue weighted by Crippen LogP contribution is 2.54. The Balaban J connectivity index is 1.12. The monoisotopic (exact) mass is 1180 g/mol. The van der Waals surface area contributed by atoms with Crippen molar-refractivity contribution >= 4 is 101 Å². The molecule has 2 aromatic heterocycles. The lowest BCUT2D eigenvalue weighted by atomic mass is 9.33. The first kappa shape index (κ1) is 58.1. The maximum absolute atomic E-state index is 2.82. The predicted molar refractivity (Wildman–Crippen MR) is 393 cm³/mol. The molecule has 0 saturated carbocycles. The predicted octanol–water partition coefficient (Wildman–Crippen LogP) is 21.9. The van der Waals surface area contributed by atoms with Gasteiger partial charge in [0.15, 0.2) is 0 Å². The van der Waals surface area contributed by atoms with Crippen LogP contribution in [-0.2, 0) is 30.1 Å². The smallest absolute Gasteiger partial charge is 0.252 e. The Morgan fingerprint density at radius 3 is 1.10 bits per heavy atom. The number of aryl methyl sites for hydroxylation is 3. The second kappa shape index (κ2) is 23.2. The lowest BCUT2D eigenvalue weighted by molar-refractivity contribution is 0.590. The van der Waals surface area contributed by atoms with Crippen LogP contribution < -0.4 is 26.2 Å². The van der Waals surface area contributed by atoms with Crippen molar-refractivity contribution in [3.63, 3.8) is 0 Å². The number of aromatic nitrogens is 2. The Kier molecular flexibility index (Phi) is 14.8. The molecule has 0 radical (unpaired) electrons. The van der Waals surface area contributed by atoms with Crippen molar-refractivity contribution in [1.82, 2.24) is 9.13 Å². The number of para-hydroxylation sites is 4. The molecule has 91 heavy (non-hydrogen) atoms. The standard InChI is InChI=1S/C86H83BN4/c1-10-13-30-57-49-60(31-14-11-2)83(61(50-57)32-15-12-3)90-78-55-64(88-74-41-26-22-37-66(74)67-38-23-27-42-75(67)88)45-47-72(78)87-73-48-46-65(89-76-43-28-24-39-68(76)69-40-25-29-44-77(69)89)56-79(73)91(81-54-63(86(7,8)9)53-80(90)82(81)87)84-70(58-33-18-16-19-34-58)51-62(85(4,5)6)52-71(84)59-35-20-17-21-36-59/h16-29,33-56H,10-15,30-32H2,1-9H3. The molecule has 450 valence electrons. The van der Waals surface area contributed by atoms with Crippen LogP contribution in [0.3, 0.4) is 0 Å². The average molecular weight is 1180 g/mol. The number of hydrogen-bond acceptors (Lipinski definition) is 2. The Bertz CT molecular complexity index is 4740. The Morgan fingerprint density at radius 1 is 0.341 bits per heavy atom. The average Bonchev–Trinajstić information content (AvgIpc) is 1.16. The summed E-state index contributed by atoms with van der Waals surface area (Å²) < 4.78 is 5.05. The van der Waals surface area contributed by atoms with Crippen molar-refractivity contribution in [2.75, 3.05) is 9.80 Å². The van der Waals surface area contributed by atoms with E-state index >= 15 is 0 Å². The summed E-state index contributed by atoms with van der Waals surface area (Å²) in [5, 5.41) is 5.04. The van der Waals surface area contributed by atoms with Crippen LogP contribution in [0.2, 0.25) is 0 Å². The molecule has 0 amide bonds. The van der Waals surface area contributed by atoms with Crippen LogP contribution in [0.1, 0.15) is 129 Å². The van der Waals surface area contributed by atoms with Crippen molar-refractivity contribution in [1.29, 1.82) is 0 Å². The zero-order valence-electron chi connectivity index (χ0n) is 54.7. The van der Waals surface area contributed by atoms with Gasteiger partial charge < -0.3 is 18.9 Å². The quantitative estimate of drug-likeness (QED) is 0.0951. The second-order valence-electron chi connectivity index (χ2n) is 28.0. The molecule has 0 unspecified atom stereocenters.